The fourth-order valence-electron chi connectivity index (χ4n) is 3.44. The standard InChI is InChI=1S/C18H27N5O8S2.C6H15N/c1-7-10-12(14(25)23(10)33(27,28)29)21-13(24)11(9-8-32-16(19)20-9)22-31-18(5,6)15(26)30-17(2,3)4;1-4-7(5-2)6-3/h8,10,12H,7H2,1-6H3,(H2,19,20)(H,21,24)(H,27,28,29);4-6H2,1-3H3/b22-11-;/t10-,12-;/m0./s1. The zero-order valence-corrected chi connectivity index (χ0v) is 26.2. The van der Waals surface area contributed by atoms with Crippen molar-refractivity contribution in [2.45, 2.75) is 92.0 Å². The smallest absolute Gasteiger partial charge is 0.362 e. The van der Waals surface area contributed by atoms with Gasteiger partial charge in [-0.15, -0.1) is 11.3 Å². The first-order valence-electron chi connectivity index (χ1n) is 12.9. The molecule has 14 nitrogen and oxygen atoms in total. The second kappa shape index (κ2) is 14.2. The van der Waals surface area contributed by atoms with Crippen LogP contribution in [0.15, 0.2) is 10.5 Å². The summed E-state index contributed by atoms with van der Waals surface area (Å²) >= 11 is 1.02. The van der Waals surface area contributed by atoms with Crippen LogP contribution in [0, 0.1) is 0 Å². The van der Waals surface area contributed by atoms with Crippen molar-refractivity contribution in [1.82, 2.24) is 19.5 Å². The van der Waals surface area contributed by atoms with Crippen molar-refractivity contribution in [2.75, 3.05) is 25.4 Å². The number of nitrogen functional groups attached to an aromatic ring is 1. The van der Waals surface area contributed by atoms with E-state index in [0.29, 0.717) is 0 Å². The summed E-state index contributed by atoms with van der Waals surface area (Å²) in [6.45, 7) is 19.5. The maximum absolute atomic E-state index is 12.9. The fraction of sp³-hybridized carbons (Fsp3) is 0.708. The Kier molecular flexibility index (Phi) is 12.5. The van der Waals surface area contributed by atoms with Gasteiger partial charge in [0.25, 0.3) is 11.8 Å². The number of ether oxygens (including phenoxy) is 1. The van der Waals surface area contributed by atoms with E-state index in [0.717, 1.165) is 11.3 Å². The Labute approximate surface area is 240 Å². The molecule has 1 aromatic rings. The molecule has 0 saturated carbocycles. The molecule has 16 heteroatoms. The molecule has 1 aromatic heterocycles. The molecule has 1 aliphatic heterocycles. The molecule has 2 atom stereocenters. The molecule has 0 aromatic carbocycles. The number of carbonyl (C=O) groups is 3. The average molecular weight is 607 g/mol. The molecule has 1 aliphatic rings. The van der Waals surface area contributed by atoms with Gasteiger partial charge in [0.1, 0.15) is 17.3 Å². The Hall–Kier alpha value is -2.82. The molecule has 4 N–H and O–H groups in total. The minimum atomic E-state index is -4.77. The van der Waals surface area contributed by atoms with Crippen LogP contribution in [0.1, 0.15) is 74.4 Å². The number of carbonyl (C=O) groups excluding carboxylic acids is 3. The molecule has 0 radical (unpaired) electrons. The number of aromatic nitrogens is 1. The number of oxime groups is 1. The third kappa shape index (κ3) is 9.67. The second-order valence-electron chi connectivity index (χ2n) is 10.3. The number of hydrogen-bond donors (Lipinski definition) is 3. The van der Waals surface area contributed by atoms with Crippen molar-refractivity contribution in [3.8, 4) is 0 Å². The molecule has 2 rings (SSSR count). The number of nitrogens with one attached hydrogen (secondary N) is 1. The predicted octanol–water partition coefficient (Wildman–Crippen LogP) is 1.82. The number of esters is 1. The third-order valence-electron chi connectivity index (χ3n) is 5.70. The van der Waals surface area contributed by atoms with Gasteiger partial charge in [0.15, 0.2) is 10.8 Å². The molecule has 1 saturated heterocycles. The lowest BCUT2D eigenvalue weighted by Crippen LogP contribution is -2.72. The number of rotatable bonds is 11. The van der Waals surface area contributed by atoms with Crippen molar-refractivity contribution in [3.63, 3.8) is 0 Å². The Morgan fingerprint density at radius 2 is 1.73 bits per heavy atom. The molecule has 2 amide bonds. The predicted molar refractivity (Wildman–Crippen MR) is 152 cm³/mol. The molecule has 1 fully saturated rings. The Bertz CT molecular complexity index is 1170. The molecule has 0 unspecified atom stereocenters. The molecule has 0 spiro atoms. The lowest BCUT2D eigenvalue weighted by atomic mass is 9.96. The number of thiazole rings is 1. The zero-order chi connectivity index (χ0) is 31.1. The van der Waals surface area contributed by atoms with Gasteiger partial charge in [-0.3, -0.25) is 14.1 Å². The van der Waals surface area contributed by atoms with Gasteiger partial charge in [-0.05, 0) is 60.7 Å². The summed E-state index contributed by atoms with van der Waals surface area (Å²) < 4.78 is 37.6. The topological polar surface area (TPSA) is 194 Å². The Morgan fingerprint density at radius 3 is 2.10 bits per heavy atom. The zero-order valence-electron chi connectivity index (χ0n) is 24.5. The van der Waals surface area contributed by atoms with E-state index in [9.17, 15) is 27.4 Å². The molecule has 0 aliphatic carbocycles. The quantitative estimate of drug-likeness (QED) is 0.109. The van der Waals surface area contributed by atoms with Crippen LogP contribution in [0.3, 0.4) is 0 Å². The van der Waals surface area contributed by atoms with Gasteiger partial charge in [0.2, 0.25) is 5.60 Å². The van der Waals surface area contributed by atoms with E-state index in [2.05, 4.69) is 41.1 Å². The summed E-state index contributed by atoms with van der Waals surface area (Å²) in [5, 5.41) is 7.70. The largest absolute Gasteiger partial charge is 0.457 e. The second-order valence-corrected chi connectivity index (χ2v) is 12.5. The van der Waals surface area contributed by atoms with E-state index >= 15 is 0 Å². The van der Waals surface area contributed by atoms with Crippen molar-refractivity contribution in [1.29, 1.82) is 0 Å². The maximum atomic E-state index is 12.9. The van der Waals surface area contributed by atoms with Crippen molar-refractivity contribution in [3.05, 3.63) is 11.1 Å². The van der Waals surface area contributed by atoms with Gasteiger partial charge < -0.3 is 25.5 Å². The molecular formula is C24H42N6O8S2. The maximum Gasteiger partial charge on any atom is 0.362 e. The number of hydrogen-bond acceptors (Lipinski definition) is 12. The van der Waals surface area contributed by atoms with Gasteiger partial charge in [-0.2, -0.15) is 8.42 Å². The van der Waals surface area contributed by atoms with Crippen LogP contribution >= 0.6 is 11.3 Å². The summed E-state index contributed by atoms with van der Waals surface area (Å²) in [6, 6.07) is -2.22. The molecule has 0 bridgehead atoms. The first kappa shape index (κ1) is 35.2. The van der Waals surface area contributed by atoms with Gasteiger partial charge in [0.05, 0.1) is 6.04 Å². The number of anilines is 1. The number of amides is 2. The van der Waals surface area contributed by atoms with E-state index in [1.165, 1.54) is 38.9 Å². The molecule has 40 heavy (non-hydrogen) atoms. The first-order valence-corrected chi connectivity index (χ1v) is 15.1. The highest BCUT2D eigenvalue weighted by Gasteiger charge is 2.53. The lowest BCUT2D eigenvalue weighted by Gasteiger charge is -2.43. The van der Waals surface area contributed by atoms with Crippen molar-refractivity contribution in [2.24, 2.45) is 5.16 Å². The van der Waals surface area contributed by atoms with Gasteiger partial charge in [-0.25, -0.2) is 14.1 Å². The number of nitrogens with two attached hydrogens (primary N) is 1. The highest BCUT2D eigenvalue weighted by atomic mass is 32.2. The Morgan fingerprint density at radius 1 is 1.18 bits per heavy atom. The van der Waals surface area contributed by atoms with Crippen LogP contribution in [0.25, 0.3) is 0 Å². The Balaban J connectivity index is 0.00000101. The van der Waals surface area contributed by atoms with Crippen LogP contribution in [-0.2, 0) is 34.3 Å². The number of β-lactam (4-membered cyclic amide) rings is 1. The van der Waals surface area contributed by atoms with Crippen LogP contribution < -0.4 is 11.1 Å². The van der Waals surface area contributed by atoms with E-state index in [1.807, 2.05) is 0 Å². The number of nitrogens with zero attached hydrogens (tertiary/aromatic N) is 4. The van der Waals surface area contributed by atoms with Crippen LogP contribution in [0.2, 0.25) is 0 Å². The third-order valence-corrected chi connectivity index (χ3v) is 7.32. The van der Waals surface area contributed by atoms with E-state index in [-0.39, 0.29) is 21.6 Å². The van der Waals surface area contributed by atoms with E-state index in [1.54, 1.807) is 27.7 Å². The molecular weight excluding hydrogens is 564 g/mol. The molecule has 2 heterocycles. The fourth-order valence-corrected chi connectivity index (χ4v) is 4.94. The molecule has 228 valence electrons. The average Bonchev–Trinajstić information content (AvgIpc) is 3.26. The van der Waals surface area contributed by atoms with Crippen LogP contribution in [0.5, 0.6) is 0 Å². The normalized spacial score (nSPS) is 18.0. The minimum absolute atomic E-state index is 0.0152. The van der Waals surface area contributed by atoms with Crippen molar-refractivity contribution < 1.29 is 36.9 Å². The first-order chi connectivity index (χ1) is 18.3. The van der Waals surface area contributed by atoms with Crippen LogP contribution in [-0.4, -0.2) is 93.6 Å². The minimum Gasteiger partial charge on any atom is -0.457 e. The summed E-state index contributed by atoms with van der Waals surface area (Å²) in [7, 11) is -4.77. The summed E-state index contributed by atoms with van der Waals surface area (Å²) in [6.07, 6.45) is 0.134. The van der Waals surface area contributed by atoms with E-state index in [4.69, 9.17) is 15.3 Å². The van der Waals surface area contributed by atoms with Gasteiger partial charge in [-0.1, -0.05) is 32.9 Å². The monoisotopic (exact) mass is 606 g/mol. The van der Waals surface area contributed by atoms with Crippen LogP contribution in [0.4, 0.5) is 5.13 Å². The van der Waals surface area contributed by atoms with E-state index < -0.39 is 57.1 Å². The summed E-state index contributed by atoms with van der Waals surface area (Å²) in [4.78, 5) is 49.2. The summed E-state index contributed by atoms with van der Waals surface area (Å²) in [5.74, 6) is -2.67. The SMILES string of the molecule is CCN(CC)CC.CC[C@H]1[C@H](NC(=O)/C(=N\OC(C)(C)C(=O)OC(C)(C)C)c2csc(N)n2)C(=O)N1S(=O)(=O)O. The highest BCUT2D eigenvalue weighted by molar-refractivity contribution is 7.84. The van der Waals surface area contributed by atoms with Gasteiger partial charge >= 0.3 is 16.3 Å². The highest BCUT2D eigenvalue weighted by Crippen LogP contribution is 2.26. The summed E-state index contributed by atoms with van der Waals surface area (Å²) in [5.41, 5.74) is 2.89. The lowest BCUT2D eigenvalue weighted by molar-refractivity contribution is -0.179. The van der Waals surface area contributed by atoms with Gasteiger partial charge in [0, 0.05) is 5.38 Å². The van der Waals surface area contributed by atoms with Crippen molar-refractivity contribution >= 4 is 50.3 Å².